The number of carbonyl (C=O) groups is 2. The summed E-state index contributed by atoms with van der Waals surface area (Å²) in [6.45, 7) is 12.0. The molecule has 1 heterocycles. The number of halogens is 1. The van der Waals surface area contributed by atoms with Crippen LogP contribution in [0.1, 0.15) is 48.0 Å². The van der Waals surface area contributed by atoms with Crippen LogP contribution in [0.15, 0.2) is 0 Å². The van der Waals surface area contributed by atoms with Gasteiger partial charge in [0.05, 0.1) is 6.04 Å². The van der Waals surface area contributed by atoms with Gasteiger partial charge in [-0.2, -0.15) is 0 Å². The zero-order valence-corrected chi connectivity index (χ0v) is 13.9. The van der Waals surface area contributed by atoms with E-state index in [4.69, 9.17) is 16.3 Å². The summed E-state index contributed by atoms with van der Waals surface area (Å²) in [7, 11) is 0. The van der Waals surface area contributed by atoms with Crippen molar-refractivity contribution in [1.82, 2.24) is 10.2 Å². The summed E-state index contributed by atoms with van der Waals surface area (Å²) in [6, 6.07) is -0.398. The second kappa shape index (κ2) is 5.90. The number of alkyl carbamates (subject to hydrolysis) is 1. The van der Waals surface area contributed by atoms with E-state index in [-0.39, 0.29) is 16.8 Å². The molecule has 0 aromatic carbocycles. The van der Waals surface area contributed by atoms with E-state index in [1.807, 2.05) is 25.7 Å². The Morgan fingerprint density at radius 2 is 1.75 bits per heavy atom. The molecule has 0 aromatic heterocycles. The minimum Gasteiger partial charge on any atom is -0.444 e. The average Bonchev–Trinajstić information content (AvgIpc) is 2.56. The number of ether oxygens (including phenoxy) is 1. The molecule has 0 spiro atoms. The van der Waals surface area contributed by atoms with Crippen LogP contribution in [-0.4, -0.2) is 46.0 Å². The summed E-state index contributed by atoms with van der Waals surface area (Å²) in [5, 5.41) is 2.22. The monoisotopic (exact) mass is 304 g/mol. The lowest BCUT2D eigenvalue weighted by Crippen LogP contribution is -2.52. The SMILES string of the molecule is CC(C)(C)OC(=O)NC(=O)[C@@H]1C[C@@H](Cl)CN1C(C)(C)C. The van der Waals surface area contributed by atoms with Crippen molar-refractivity contribution < 1.29 is 14.3 Å². The molecular formula is C14H25ClN2O3. The predicted octanol–water partition coefficient (Wildman–Crippen LogP) is 2.52. The Balaban J connectivity index is 2.69. The summed E-state index contributed by atoms with van der Waals surface area (Å²) < 4.78 is 5.09. The molecular weight excluding hydrogens is 280 g/mol. The van der Waals surface area contributed by atoms with Crippen molar-refractivity contribution in [1.29, 1.82) is 0 Å². The van der Waals surface area contributed by atoms with Crippen LogP contribution in [0.2, 0.25) is 0 Å². The van der Waals surface area contributed by atoms with E-state index in [9.17, 15) is 9.59 Å². The van der Waals surface area contributed by atoms with E-state index >= 15 is 0 Å². The second-order valence-electron chi connectivity index (χ2n) is 7.16. The van der Waals surface area contributed by atoms with Crippen LogP contribution in [0, 0.1) is 0 Å². The van der Waals surface area contributed by atoms with Gasteiger partial charge < -0.3 is 4.74 Å². The summed E-state index contributed by atoms with van der Waals surface area (Å²) >= 11 is 6.16. The zero-order valence-electron chi connectivity index (χ0n) is 13.1. The molecule has 0 saturated carbocycles. The molecule has 1 fully saturated rings. The molecule has 0 aromatic rings. The fourth-order valence-electron chi connectivity index (χ4n) is 2.26. The van der Waals surface area contributed by atoms with Gasteiger partial charge in [0.2, 0.25) is 5.91 Å². The fourth-order valence-corrected chi connectivity index (χ4v) is 2.58. The molecule has 1 N–H and O–H groups in total. The van der Waals surface area contributed by atoms with Gasteiger partial charge in [-0.1, -0.05) is 0 Å². The minimum absolute atomic E-state index is 0.0800. The van der Waals surface area contributed by atoms with Crippen LogP contribution in [-0.2, 0) is 9.53 Å². The van der Waals surface area contributed by atoms with Gasteiger partial charge in [-0.25, -0.2) is 4.79 Å². The number of imide groups is 1. The van der Waals surface area contributed by atoms with Crippen molar-refractivity contribution in [2.24, 2.45) is 0 Å². The highest BCUT2D eigenvalue weighted by molar-refractivity contribution is 6.21. The predicted molar refractivity (Wildman–Crippen MR) is 78.9 cm³/mol. The van der Waals surface area contributed by atoms with Crippen LogP contribution in [0.5, 0.6) is 0 Å². The van der Waals surface area contributed by atoms with E-state index in [2.05, 4.69) is 5.32 Å². The largest absolute Gasteiger partial charge is 0.444 e. The molecule has 0 bridgehead atoms. The Morgan fingerprint density at radius 1 is 1.20 bits per heavy atom. The molecule has 1 aliphatic rings. The van der Waals surface area contributed by atoms with E-state index < -0.39 is 17.7 Å². The highest BCUT2D eigenvalue weighted by Crippen LogP contribution is 2.29. The van der Waals surface area contributed by atoms with Crippen molar-refractivity contribution in [3.05, 3.63) is 0 Å². The van der Waals surface area contributed by atoms with Crippen LogP contribution >= 0.6 is 11.6 Å². The molecule has 5 nitrogen and oxygen atoms in total. The lowest BCUT2D eigenvalue weighted by atomic mass is 10.0. The molecule has 0 aliphatic carbocycles. The maximum absolute atomic E-state index is 12.2. The average molecular weight is 305 g/mol. The third-order valence-electron chi connectivity index (χ3n) is 3.04. The first kappa shape index (κ1) is 17.2. The standard InChI is InChI=1S/C14H25ClN2O3/c1-13(2,3)17-8-9(15)7-10(17)11(18)16-12(19)20-14(4,5)6/h9-10H,7-8H2,1-6H3,(H,16,18,19)/t9-,10+/m1/s1. The van der Waals surface area contributed by atoms with Crippen molar-refractivity contribution in [3.8, 4) is 0 Å². The molecule has 0 radical (unpaired) electrons. The van der Waals surface area contributed by atoms with E-state index in [1.165, 1.54) is 0 Å². The molecule has 1 saturated heterocycles. The molecule has 2 atom stereocenters. The van der Waals surface area contributed by atoms with Gasteiger partial charge in [-0.3, -0.25) is 15.0 Å². The van der Waals surface area contributed by atoms with Gasteiger partial charge >= 0.3 is 6.09 Å². The van der Waals surface area contributed by atoms with Crippen molar-refractivity contribution in [2.75, 3.05) is 6.54 Å². The normalized spacial score (nSPS) is 24.6. The number of nitrogens with one attached hydrogen (secondary N) is 1. The first-order valence-electron chi connectivity index (χ1n) is 6.85. The molecule has 2 amide bonds. The smallest absolute Gasteiger partial charge is 0.414 e. The van der Waals surface area contributed by atoms with Crippen LogP contribution in [0.3, 0.4) is 0 Å². The van der Waals surface area contributed by atoms with Gasteiger partial charge in [-0.05, 0) is 48.0 Å². The lowest BCUT2D eigenvalue weighted by Gasteiger charge is -2.36. The number of hydrogen-bond acceptors (Lipinski definition) is 4. The number of likely N-dealkylation sites (tertiary alicyclic amines) is 1. The maximum Gasteiger partial charge on any atom is 0.414 e. The highest BCUT2D eigenvalue weighted by atomic mass is 35.5. The molecule has 1 rings (SSSR count). The molecule has 0 unspecified atom stereocenters. The number of nitrogens with zero attached hydrogens (tertiary/aromatic N) is 1. The van der Waals surface area contributed by atoms with E-state index in [0.29, 0.717) is 13.0 Å². The fraction of sp³-hybridized carbons (Fsp3) is 0.857. The van der Waals surface area contributed by atoms with Crippen LogP contribution in [0.25, 0.3) is 0 Å². The van der Waals surface area contributed by atoms with Gasteiger partial charge in [0.25, 0.3) is 0 Å². The van der Waals surface area contributed by atoms with Crippen molar-refractivity contribution >= 4 is 23.6 Å². The number of hydrogen-bond donors (Lipinski definition) is 1. The second-order valence-corrected chi connectivity index (χ2v) is 7.78. The Morgan fingerprint density at radius 3 is 2.20 bits per heavy atom. The summed E-state index contributed by atoms with van der Waals surface area (Å²) in [5.74, 6) is -0.350. The molecule has 20 heavy (non-hydrogen) atoms. The van der Waals surface area contributed by atoms with Crippen molar-refractivity contribution in [3.63, 3.8) is 0 Å². The van der Waals surface area contributed by atoms with Crippen LogP contribution < -0.4 is 5.32 Å². The lowest BCUT2D eigenvalue weighted by molar-refractivity contribution is -0.126. The minimum atomic E-state index is -0.714. The first-order valence-corrected chi connectivity index (χ1v) is 7.28. The Kier molecular flexibility index (Phi) is 5.08. The Hall–Kier alpha value is -0.810. The van der Waals surface area contributed by atoms with Crippen molar-refractivity contribution in [2.45, 2.75) is 70.5 Å². The Labute approximate surface area is 126 Å². The number of rotatable bonds is 1. The number of alkyl halides is 1. The maximum atomic E-state index is 12.2. The summed E-state index contributed by atoms with van der Waals surface area (Å²) in [6.07, 6.45) is -0.178. The first-order chi connectivity index (χ1) is 8.90. The molecule has 116 valence electrons. The van der Waals surface area contributed by atoms with E-state index in [0.717, 1.165) is 0 Å². The quantitative estimate of drug-likeness (QED) is 0.756. The van der Waals surface area contributed by atoms with Gasteiger partial charge in [0.15, 0.2) is 0 Å². The van der Waals surface area contributed by atoms with Gasteiger partial charge in [-0.15, -0.1) is 11.6 Å². The molecule has 6 heteroatoms. The zero-order chi connectivity index (χ0) is 15.7. The van der Waals surface area contributed by atoms with E-state index in [1.54, 1.807) is 20.8 Å². The topological polar surface area (TPSA) is 58.6 Å². The summed E-state index contributed by atoms with van der Waals surface area (Å²) in [5.41, 5.74) is -0.807. The molecule has 1 aliphatic heterocycles. The van der Waals surface area contributed by atoms with Crippen LogP contribution in [0.4, 0.5) is 4.79 Å². The number of amides is 2. The Bertz CT molecular complexity index is 385. The number of carbonyl (C=O) groups excluding carboxylic acids is 2. The third-order valence-corrected chi connectivity index (χ3v) is 3.35. The van der Waals surface area contributed by atoms with Gasteiger partial charge in [0.1, 0.15) is 5.60 Å². The highest BCUT2D eigenvalue weighted by Gasteiger charge is 2.42. The summed E-state index contributed by atoms with van der Waals surface area (Å²) in [4.78, 5) is 25.9. The van der Waals surface area contributed by atoms with Gasteiger partial charge in [0, 0.05) is 17.5 Å². The third kappa shape index (κ3) is 4.94.